The maximum absolute atomic E-state index is 5.61. The molecule has 0 spiro atoms. The Labute approximate surface area is 120 Å². The van der Waals surface area contributed by atoms with E-state index < -0.39 is 0 Å². The Bertz CT molecular complexity index is 415. The molecule has 0 atom stereocenters. The Hall–Kier alpha value is -1.62. The molecule has 4 nitrogen and oxygen atoms in total. The Kier molecular flexibility index (Phi) is 6.89. The molecule has 19 heavy (non-hydrogen) atoms. The van der Waals surface area contributed by atoms with Crippen molar-refractivity contribution in [2.24, 2.45) is 11.0 Å². The standard InChI is InChI=1S/C14H21N3OS/c1-4-15-14(19)17-16-9-12-5-7-13(8-6-12)18-10-11(2)3/h5-9,11H,4,10H2,1-3H3,(H2,15,17,19). The first-order valence-electron chi connectivity index (χ1n) is 6.41. The number of hydrogen-bond donors (Lipinski definition) is 2. The van der Waals surface area contributed by atoms with Gasteiger partial charge in [0.25, 0.3) is 0 Å². The lowest BCUT2D eigenvalue weighted by atomic mass is 10.2. The Balaban J connectivity index is 2.43. The minimum Gasteiger partial charge on any atom is -0.493 e. The minimum atomic E-state index is 0.524. The Morgan fingerprint density at radius 2 is 2.05 bits per heavy atom. The molecule has 0 saturated carbocycles. The van der Waals surface area contributed by atoms with Crippen LogP contribution in [0.25, 0.3) is 0 Å². The predicted octanol–water partition coefficient (Wildman–Crippen LogP) is 2.54. The van der Waals surface area contributed by atoms with Crippen molar-refractivity contribution in [1.29, 1.82) is 0 Å². The van der Waals surface area contributed by atoms with Gasteiger partial charge in [-0.3, -0.25) is 5.43 Å². The highest BCUT2D eigenvalue weighted by Gasteiger charge is 1.97. The summed E-state index contributed by atoms with van der Waals surface area (Å²) in [6.07, 6.45) is 1.72. The van der Waals surface area contributed by atoms with Crippen LogP contribution in [0.2, 0.25) is 0 Å². The van der Waals surface area contributed by atoms with Gasteiger partial charge in [0.1, 0.15) is 5.75 Å². The summed E-state index contributed by atoms with van der Waals surface area (Å²) in [4.78, 5) is 0. The summed E-state index contributed by atoms with van der Waals surface area (Å²) in [5.41, 5.74) is 3.73. The smallest absolute Gasteiger partial charge is 0.186 e. The van der Waals surface area contributed by atoms with Crippen LogP contribution in [0, 0.1) is 5.92 Å². The van der Waals surface area contributed by atoms with Crippen LogP contribution in [0.1, 0.15) is 26.3 Å². The number of nitrogens with zero attached hydrogens (tertiary/aromatic N) is 1. The maximum Gasteiger partial charge on any atom is 0.186 e. The largest absolute Gasteiger partial charge is 0.493 e. The zero-order valence-corrected chi connectivity index (χ0v) is 12.5. The SMILES string of the molecule is CCNC(=S)NN=Cc1ccc(OCC(C)C)cc1. The lowest BCUT2D eigenvalue weighted by molar-refractivity contribution is 0.271. The third-order valence-electron chi connectivity index (χ3n) is 2.18. The highest BCUT2D eigenvalue weighted by Crippen LogP contribution is 2.12. The van der Waals surface area contributed by atoms with Crippen LogP contribution in [0.3, 0.4) is 0 Å². The van der Waals surface area contributed by atoms with Gasteiger partial charge in [-0.25, -0.2) is 0 Å². The van der Waals surface area contributed by atoms with Crippen molar-refractivity contribution >= 4 is 23.5 Å². The molecule has 5 heteroatoms. The van der Waals surface area contributed by atoms with Gasteiger partial charge in [0.15, 0.2) is 5.11 Å². The molecule has 0 unspecified atom stereocenters. The van der Waals surface area contributed by atoms with E-state index in [9.17, 15) is 0 Å². The quantitative estimate of drug-likeness (QED) is 0.477. The van der Waals surface area contributed by atoms with Crippen LogP contribution in [0.5, 0.6) is 5.75 Å². The van der Waals surface area contributed by atoms with E-state index in [2.05, 4.69) is 29.7 Å². The van der Waals surface area contributed by atoms with Crippen LogP contribution in [0.15, 0.2) is 29.4 Å². The molecular weight excluding hydrogens is 258 g/mol. The van der Waals surface area contributed by atoms with Crippen molar-refractivity contribution in [3.63, 3.8) is 0 Å². The van der Waals surface area contributed by atoms with E-state index >= 15 is 0 Å². The molecular formula is C14H21N3OS. The Morgan fingerprint density at radius 3 is 2.63 bits per heavy atom. The summed E-state index contributed by atoms with van der Waals surface area (Å²) in [5.74, 6) is 1.40. The fourth-order valence-electron chi connectivity index (χ4n) is 1.28. The number of hydrogen-bond acceptors (Lipinski definition) is 3. The first-order chi connectivity index (χ1) is 9.11. The molecule has 1 rings (SSSR count). The summed E-state index contributed by atoms with van der Waals surface area (Å²) in [5, 5.41) is 7.52. The molecule has 0 aliphatic heterocycles. The second-order valence-electron chi connectivity index (χ2n) is 4.50. The highest BCUT2D eigenvalue weighted by molar-refractivity contribution is 7.80. The van der Waals surface area contributed by atoms with Crippen molar-refractivity contribution in [2.75, 3.05) is 13.2 Å². The van der Waals surface area contributed by atoms with Gasteiger partial charge in [0, 0.05) is 6.54 Å². The van der Waals surface area contributed by atoms with Crippen LogP contribution in [0.4, 0.5) is 0 Å². The number of ether oxygens (including phenoxy) is 1. The van der Waals surface area contributed by atoms with Gasteiger partial charge < -0.3 is 10.1 Å². The third-order valence-corrected chi connectivity index (χ3v) is 2.42. The summed E-state index contributed by atoms with van der Waals surface area (Å²) < 4.78 is 5.61. The zero-order chi connectivity index (χ0) is 14.1. The number of rotatable bonds is 6. The van der Waals surface area contributed by atoms with E-state index in [1.807, 2.05) is 31.2 Å². The van der Waals surface area contributed by atoms with Gasteiger partial charge >= 0.3 is 0 Å². The minimum absolute atomic E-state index is 0.524. The maximum atomic E-state index is 5.61. The van der Waals surface area contributed by atoms with Crippen LogP contribution < -0.4 is 15.5 Å². The summed E-state index contributed by atoms with van der Waals surface area (Å²) in [6, 6.07) is 7.78. The normalized spacial score (nSPS) is 10.7. The molecule has 0 aliphatic rings. The van der Waals surface area contributed by atoms with E-state index in [1.165, 1.54) is 0 Å². The average Bonchev–Trinajstić information content (AvgIpc) is 2.38. The lowest BCUT2D eigenvalue weighted by Gasteiger charge is -2.08. The van der Waals surface area contributed by atoms with Crippen molar-refractivity contribution in [3.8, 4) is 5.75 Å². The topological polar surface area (TPSA) is 45.7 Å². The molecule has 0 bridgehead atoms. The molecule has 1 aromatic carbocycles. The number of hydrazone groups is 1. The van der Waals surface area contributed by atoms with Gasteiger partial charge in [0.05, 0.1) is 12.8 Å². The van der Waals surface area contributed by atoms with Crippen molar-refractivity contribution < 1.29 is 4.74 Å². The number of nitrogens with one attached hydrogen (secondary N) is 2. The van der Waals surface area contributed by atoms with E-state index in [4.69, 9.17) is 17.0 Å². The van der Waals surface area contributed by atoms with Gasteiger partial charge in [-0.2, -0.15) is 5.10 Å². The van der Waals surface area contributed by atoms with Crippen molar-refractivity contribution in [2.45, 2.75) is 20.8 Å². The number of thiocarbonyl (C=S) groups is 1. The van der Waals surface area contributed by atoms with Gasteiger partial charge in [-0.15, -0.1) is 0 Å². The van der Waals surface area contributed by atoms with Crippen molar-refractivity contribution in [1.82, 2.24) is 10.7 Å². The first-order valence-corrected chi connectivity index (χ1v) is 6.82. The van der Waals surface area contributed by atoms with E-state index in [-0.39, 0.29) is 0 Å². The molecule has 0 fully saturated rings. The van der Waals surface area contributed by atoms with Crippen LogP contribution >= 0.6 is 12.2 Å². The molecule has 104 valence electrons. The molecule has 0 saturated heterocycles. The summed E-state index contributed by atoms with van der Waals surface area (Å²) >= 11 is 4.99. The molecule has 0 aliphatic carbocycles. The Morgan fingerprint density at radius 1 is 1.37 bits per heavy atom. The van der Waals surface area contributed by atoms with Crippen LogP contribution in [-0.2, 0) is 0 Å². The van der Waals surface area contributed by atoms with Crippen molar-refractivity contribution in [3.05, 3.63) is 29.8 Å². The highest BCUT2D eigenvalue weighted by atomic mass is 32.1. The van der Waals surface area contributed by atoms with Gasteiger partial charge in [-0.1, -0.05) is 13.8 Å². The van der Waals surface area contributed by atoms with E-state index in [0.29, 0.717) is 11.0 Å². The molecule has 0 heterocycles. The van der Waals surface area contributed by atoms with E-state index in [1.54, 1.807) is 6.21 Å². The van der Waals surface area contributed by atoms with Crippen LogP contribution in [-0.4, -0.2) is 24.5 Å². The molecule has 0 aromatic heterocycles. The first kappa shape index (κ1) is 15.4. The third kappa shape index (κ3) is 6.76. The van der Waals surface area contributed by atoms with Gasteiger partial charge in [-0.05, 0) is 54.9 Å². The second-order valence-corrected chi connectivity index (χ2v) is 4.91. The van der Waals surface area contributed by atoms with Gasteiger partial charge in [0.2, 0.25) is 0 Å². The molecule has 0 radical (unpaired) electrons. The summed E-state index contributed by atoms with van der Waals surface area (Å²) in [7, 11) is 0. The molecule has 1 aromatic rings. The summed E-state index contributed by atoms with van der Waals surface area (Å²) in [6.45, 7) is 7.74. The van der Waals surface area contributed by atoms with E-state index in [0.717, 1.165) is 24.5 Å². The predicted molar refractivity (Wildman–Crippen MR) is 83.8 cm³/mol. The molecule has 2 N–H and O–H groups in total. The molecule has 0 amide bonds. The average molecular weight is 279 g/mol. The fraction of sp³-hybridized carbons (Fsp3) is 0.429. The second kappa shape index (κ2) is 8.48. The monoisotopic (exact) mass is 279 g/mol. The number of benzene rings is 1. The zero-order valence-electron chi connectivity index (χ0n) is 11.6. The fourth-order valence-corrected chi connectivity index (χ4v) is 1.48. The lowest BCUT2D eigenvalue weighted by Crippen LogP contribution is -2.31.